The molecule has 2 aliphatic rings. The highest BCUT2D eigenvalue weighted by Crippen LogP contribution is 2.38. The van der Waals surface area contributed by atoms with E-state index in [1.807, 2.05) is 19.0 Å². The van der Waals surface area contributed by atoms with Gasteiger partial charge in [-0.15, -0.1) is 0 Å². The molecule has 0 bridgehead atoms. The molecule has 0 aliphatic carbocycles. The third-order valence-corrected chi connectivity index (χ3v) is 3.06. The van der Waals surface area contributed by atoms with Crippen molar-refractivity contribution < 1.29 is 14.6 Å². The maximum atomic E-state index is 12.1. The Kier molecular flexibility index (Phi) is 3.35. The van der Waals surface area contributed by atoms with Crippen molar-refractivity contribution in [1.82, 2.24) is 10.3 Å². The van der Waals surface area contributed by atoms with E-state index in [4.69, 9.17) is 9.47 Å². The van der Waals surface area contributed by atoms with Gasteiger partial charge in [0, 0.05) is 12.6 Å². The van der Waals surface area contributed by atoms with Crippen LogP contribution in [0.3, 0.4) is 0 Å². The van der Waals surface area contributed by atoms with Crippen molar-refractivity contribution in [1.29, 1.82) is 0 Å². The number of anilines is 1. The van der Waals surface area contributed by atoms with Crippen molar-refractivity contribution in [2.75, 3.05) is 39.3 Å². The van der Waals surface area contributed by atoms with Gasteiger partial charge in [-0.3, -0.25) is 0 Å². The van der Waals surface area contributed by atoms with Gasteiger partial charge in [0.05, 0.1) is 12.6 Å². The fourth-order valence-corrected chi connectivity index (χ4v) is 2.01. The topological polar surface area (TPSA) is 85.6 Å². The Balaban J connectivity index is 1.80. The van der Waals surface area contributed by atoms with Gasteiger partial charge in [0.1, 0.15) is 5.69 Å². The van der Waals surface area contributed by atoms with E-state index in [-0.39, 0.29) is 12.0 Å². The van der Waals surface area contributed by atoms with Crippen molar-refractivity contribution >= 4 is 17.3 Å². The zero-order valence-electron chi connectivity index (χ0n) is 11.4. The molecule has 2 heterocycles. The van der Waals surface area contributed by atoms with Crippen LogP contribution in [0.25, 0.3) is 0 Å². The molecule has 0 radical (unpaired) electrons. The number of guanidine groups is 1. The molecule has 0 amide bonds. The predicted molar refractivity (Wildman–Crippen MR) is 74.2 cm³/mol. The molecule has 1 unspecified atom stereocenters. The summed E-state index contributed by atoms with van der Waals surface area (Å²) in [4.78, 5) is 6.35. The number of hydrogen-bond acceptors (Lipinski definition) is 5. The molecule has 0 fully saturated rings. The minimum Gasteiger partial charge on any atom is -0.603 e. The molecule has 0 saturated carbocycles. The average molecular weight is 279 g/mol. The van der Waals surface area contributed by atoms with E-state index in [1.54, 1.807) is 12.1 Å². The zero-order chi connectivity index (χ0) is 14.1. The summed E-state index contributed by atoms with van der Waals surface area (Å²) in [5.74, 6) is 1.69. The summed E-state index contributed by atoms with van der Waals surface area (Å²) in [6.07, 6.45) is 0. The highest BCUT2D eigenvalue weighted by Gasteiger charge is 2.25. The van der Waals surface area contributed by atoms with Gasteiger partial charge < -0.3 is 24.9 Å². The third-order valence-electron chi connectivity index (χ3n) is 3.06. The van der Waals surface area contributed by atoms with Gasteiger partial charge in [0.15, 0.2) is 17.2 Å². The zero-order valence-corrected chi connectivity index (χ0v) is 11.4. The van der Waals surface area contributed by atoms with Crippen LogP contribution in [0.1, 0.15) is 0 Å². The molecule has 3 rings (SSSR count). The van der Waals surface area contributed by atoms with Crippen LogP contribution in [-0.4, -0.2) is 44.8 Å². The summed E-state index contributed by atoms with van der Waals surface area (Å²) in [6.45, 7) is 1.61. The van der Waals surface area contributed by atoms with E-state index in [0.29, 0.717) is 35.4 Å². The number of hydrogen-bond donors (Lipinski definition) is 3. The van der Waals surface area contributed by atoms with E-state index in [0.717, 1.165) is 6.54 Å². The first-order valence-electron chi connectivity index (χ1n) is 6.34. The molecule has 1 atom stereocenters. The molecule has 8 nitrogen and oxygen atoms in total. The molecule has 0 saturated heterocycles. The number of nitrogens with zero attached hydrogens (tertiary/aromatic N) is 2. The summed E-state index contributed by atoms with van der Waals surface area (Å²) in [7, 11) is 3.95. The number of nitrogens with one attached hydrogen (secondary N) is 3. The van der Waals surface area contributed by atoms with Crippen LogP contribution in [0.5, 0.6) is 11.5 Å². The Bertz CT molecular complexity index is 546. The summed E-state index contributed by atoms with van der Waals surface area (Å²) < 4.78 is 10.6. The standard InChI is InChI=1S/C12H17N5O3/c1-16(2)4-3-13-12-14-8-5-10-11(20-7-19-10)6-9(8)17(18)15-12/h5-6,17H,3-4,7H2,1-2H3,(H2,13,14,15). The van der Waals surface area contributed by atoms with Gasteiger partial charge in [-0.1, -0.05) is 0 Å². The van der Waals surface area contributed by atoms with Crippen LogP contribution in [-0.2, 0) is 0 Å². The van der Waals surface area contributed by atoms with E-state index < -0.39 is 0 Å². The van der Waals surface area contributed by atoms with Gasteiger partial charge in [-0.05, 0) is 14.1 Å². The molecule has 0 spiro atoms. The predicted octanol–water partition coefficient (Wildman–Crippen LogP) is -0.723. The molecular weight excluding hydrogens is 262 g/mol. The monoisotopic (exact) mass is 279 g/mol. The molecular formula is C12H17N5O3. The molecule has 2 aliphatic heterocycles. The number of aliphatic imine (C=N–C) groups is 1. The van der Waals surface area contributed by atoms with E-state index >= 15 is 0 Å². The van der Waals surface area contributed by atoms with E-state index in [9.17, 15) is 5.21 Å². The summed E-state index contributed by atoms with van der Waals surface area (Å²) in [6, 6.07) is 3.44. The summed E-state index contributed by atoms with van der Waals surface area (Å²) in [5, 5.41) is 15.0. The minimum atomic E-state index is -0.194. The summed E-state index contributed by atoms with van der Waals surface area (Å²) >= 11 is 0. The lowest BCUT2D eigenvalue weighted by atomic mass is 10.2. The number of benzene rings is 1. The van der Waals surface area contributed by atoms with Crippen LogP contribution in [0.15, 0.2) is 17.1 Å². The molecule has 3 N–H and O–H groups in total. The van der Waals surface area contributed by atoms with E-state index in [1.165, 1.54) is 0 Å². The fraction of sp³-hybridized carbons (Fsp3) is 0.417. The normalized spacial score (nSPS) is 21.6. The van der Waals surface area contributed by atoms with Crippen LogP contribution in [0.4, 0.5) is 11.4 Å². The third kappa shape index (κ3) is 2.48. The summed E-state index contributed by atoms with van der Waals surface area (Å²) in [5.41, 5.74) is 3.93. The van der Waals surface area contributed by atoms with Gasteiger partial charge >= 0.3 is 0 Å². The highest BCUT2D eigenvalue weighted by molar-refractivity contribution is 5.97. The molecule has 8 heteroatoms. The highest BCUT2D eigenvalue weighted by atomic mass is 16.7. The van der Waals surface area contributed by atoms with Gasteiger partial charge in [0.2, 0.25) is 12.8 Å². The first-order valence-corrected chi connectivity index (χ1v) is 6.34. The van der Waals surface area contributed by atoms with Crippen LogP contribution in [0, 0.1) is 5.21 Å². The van der Waals surface area contributed by atoms with Crippen molar-refractivity contribution in [2.45, 2.75) is 0 Å². The lowest BCUT2D eigenvalue weighted by molar-refractivity contribution is -0.816. The average Bonchev–Trinajstić information content (AvgIpc) is 2.83. The first kappa shape index (κ1) is 13.0. The minimum absolute atomic E-state index is 0.184. The Morgan fingerprint density at radius 3 is 2.85 bits per heavy atom. The number of fused-ring (bicyclic) bond motifs is 2. The van der Waals surface area contributed by atoms with Crippen molar-refractivity contribution in [3.63, 3.8) is 0 Å². The maximum Gasteiger partial charge on any atom is 0.243 e. The Morgan fingerprint density at radius 1 is 1.35 bits per heavy atom. The largest absolute Gasteiger partial charge is 0.603 e. The van der Waals surface area contributed by atoms with Crippen LogP contribution >= 0.6 is 0 Å². The van der Waals surface area contributed by atoms with Gasteiger partial charge in [0.25, 0.3) is 0 Å². The molecule has 20 heavy (non-hydrogen) atoms. The number of ether oxygens (including phenoxy) is 2. The Labute approximate surface area is 116 Å². The molecule has 108 valence electrons. The van der Waals surface area contributed by atoms with Crippen molar-refractivity contribution in [3.05, 3.63) is 17.3 Å². The molecule has 0 aromatic heterocycles. The smallest absolute Gasteiger partial charge is 0.243 e. The second-order valence-electron chi connectivity index (χ2n) is 4.86. The maximum absolute atomic E-state index is 12.1. The number of likely N-dealkylation sites (N-methyl/N-ethyl adjacent to an activating group) is 1. The van der Waals surface area contributed by atoms with Crippen molar-refractivity contribution in [2.24, 2.45) is 4.99 Å². The Hall–Kier alpha value is -2.03. The van der Waals surface area contributed by atoms with E-state index in [2.05, 4.69) is 15.7 Å². The number of quaternary nitrogens is 1. The lowest BCUT2D eigenvalue weighted by Gasteiger charge is -2.30. The molecule has 1 aromatic rings. The van der Waals surface area contributed by atoms with Gasteiger partial charge in [-0.2, -0.15) is 5.43 Å². The molecule has 1 aromatic carbocycles. The van der Waals surface area contributed by atoms with Crippen molar-refractivity contribution in [3.8, 4) is 11.5 Å². The lowest BCUT2D eigenvalue weighted by Crippen LogP contribution is -3.11. The SMILES string of the molecule is CN(C)CCN=C1Nc2cc3c(cc2[NH+]([O-])N1)OCO3. The number of rotatable bonds is 3. The Morgan fingerprint density at radius 2 is 2.10 bits per heavy atom. The van der Waals surface area contributed by atoms with Crippen LogP contribution < -0.4 is 25.4 Å². The van der Waals surface area contributed by atoms with Gasteiger partial charge in [-0.25, -0.2) is 10.2 Å². The quantitative estimate of drug-likeness (QED) is 0.633. The first-order chi connectivity index (χ1) is 9.63. The van der Waals surface area contributed by atoms with Crippen LogP contribution in [0.2, 0.25) is 0 Å². The second kappa shape index (κ2) is 5.16. The second-order valence-corrected chi connectivity index (χ2v) is 4.86. The fourth-order valence-electron chi connectivity index (χ4n) is 2.01.